The summed E-state index contributed by atoms with van der Waals surface area (Å²) in [5.74, 6) is 0.325. The average Bonchev–Trinajstić information content (AvgIpc) is 3.20. The fourth-order valence-corrected chi connectivity index (χ4v) is 3.74. The number of aromatic nitrogens is 2. The zero-order chi connectivity index (χ0) is 20.4. The Morgan fingerprint density at radius 3 is 2.72 bits per heavy atom. The van der Waals surface area contributed by atoms with E-state index in [0.29, 0.717) is 11.5 Å². The first-order chi connectivity index (χ1) is 14.1. The molecule has 0 radical (unpaired) electrons. The summed E-state index contributed by atoms with van der Waals surface area (Å²) < 4.78 is 19.7. The molecule has 2 aromatic carbocycles. The highest BCUT2D eigenvalue weighted by Gasteiger charge is 2.23. The van der Waals surface area contributed by atoms with Crippen LogP contribution in [0.4, 0.5) is 15.9 Å². The first-order valence-corrected chi connectivity index (χ1v) is 9.42. The molecule has 3 aromatic rings. The molecule has 4 rings (SSSR count). The molecule has 0 saturated heterocycles. The molecule has 3 N–H and O–H groups in total. The van der Waals surface area contributed by atoms with Crippen molar-refractivity contribution in [2.75, 3.05) is 12.4 Å². The van der Waals surface area contributed by atoms with E-state index in [1.807, 2.05) is 24.3 Å². The van der Waals surface area contributed by atoms with Crippen molar-refractivity contribution < 1.29 is 13.9 Å². The van der Waals surface area contributed by atoms with Gasteiger partial charge in [0, 0.05) is 16.8 Å². The van der Waals surface area contributed by atoms with Crippen LogP contribution in [0.2, 0.25) is 0 Å². The van der Waals surface area contributed by atoms with Gasteiger partial charge >= 0.3 is 0 Å². The van der Waals surface area contributed by atoms with Crippen molar-refractivity contribution >= 4 is 17.4 Å². The highest BCUT2D eigenvalue weighted by Crippen LogP contribution is 2.38. The summed E-state index contributed by atoms with van der Waals surface area (Å²) in [4.78, 5) is 11.0. The molecule has 1 aliphatic carbocycles. The molecule has 1 amide bonds. The lowest BCUT2D eigenvalue weighted by molar-refractivity contribution is -0.117. The zero-order valence-corrected chi connectivity index (χ0v) is 16.0. The number of hydrogen-bond donors (Lipinski definition) is 2. The fourth-order valence-electron chi connectivity index (χ4n) is 3.74. The lowest BCUT2D eigenvalue weighted by Crippen LogP contribution is -2.14. The van der Waals surface area contributed by atoms with Gasteiger partial charge in [0.25, 0.3) is 0 Å². The van der Waals surface area contributed by atoms with Crippen molar-refractivity contribution in [2.24, 2.45) is 5.73 Å². The highest BCUT2D eigenvalue weighted by atomic mass is 19.1. The second kappa shape index (κ2) is 7.87. The van der Waals surface area contributed by atoms with Gasteiger partial charge in [0.05, 0.1) is 13.5 Å². The highest BCUT2D eigenvalue weighted by molar-refractivity contribution is 5.77. The maximum atomic E-state index is 14.3. The number of carbonyl (C=O) groups is 1. The predicted molar refractivity (Wildman–Crippen MR) is 109 cm³/mol. The SMILES string of the molecule is COc1ccccc1-c1nnc(Nc2ccc(CC(N)=O)c(F)c2)c2c1CCC2. The number of primary amides is 1. The molecule has 1 heterocycles. The lowest BCUT2D eigenvalue weighted by atomic mass is 10.0. The predicted octanol–water partition coefficient (Wildman–Crippen LogP) is 3.55. The van der Waals surface area contributed by atoms with Gasteiger partial charge in [-0.15, -0.1) is 10.2 Å². The molecule has 0 aliphatic heterocycles. The van der Waals surface area contributed by atoms with Crippen molar-refractivity contribution in [2.45, 2.75) is 25.7 Å². The Morgan fingerprint density at radius 2 is 1.97 bits per heavy atom. The molecule has 7 heteroatoms. The number of anilines is 2. The third-order valence-electron chi connectivity index (χ3n) is 5.08. The maximum Gasteiger partial charge on any atom is 0.221 e. The Kier molecular flexibility index (Phi) is 5.12. The molecule has 148 valence electrons. The third kappa shape index (κ3) is 3.76. The Morgan fingerprint density at radius 1 is 1.17 bits per heavy atom. The largest absolute Gasteiger partial charge is 0.496 e. The molecule has 1 aromatic heterocycles. The molecule has 0 unspecified atom stereocenters. The van der Waals surface area contributed by atoms with Gasteiger partial charge in [-0.3, -0.25) is 4.79 Å². The molecular formula is C22H21FN4O2. The number of nitrogens with one attached hydrogen (secondary N) is 1. The van der Waals surface area contributed by atoms with Gasteiger partial charge in [-0.05, 0) is 54.7 Å². The minimum atomic E-state index is -0.569. The Labute approximate surface area is 167 Å². The summed E-state index contributed by atoms with van der Waals surface area (Å²) in [5.41, 5.74) is 9.92. The lowest BCUT2D eigenvalue weighted by Gasteiger charge is -2.14. The number of nitrogens with two attached hydrogens (primary N) is 1. The minimum Gasteiger partial charge on any atom is -0.496 e. The van der Waals surface area contributed by atoms with Crippen LogP contribution in [0, 0.1) is 5.82 Å². The summed E-state index contributed by atoms with van der Waals surface area (Å²) in [6, 6.07) is 12.3. The first kappa shape index (κ1) is 18.9. The summed E-state index contributed by atoms with van der Waals surface area (Å²) in [7, 11) is 1.64. The molecule has 0 bridgehead atoms. The van der Waals surface area contributed by atoms with Crippen molar-refractivity contribution in [3.05, 3.63) is 65.0 Å². The number of hydrogen-bond acceptors (Lipinski definition) is 5. The number of nitrogens with zero attached hydrogens (tertiary/aromatic N) is 2. The quantitative estimate of drug-likeness (QED) is 0.670. The van der Waals surface area contributed by atoms with Gasteiger partial charge in [-0.25, -0.2) is 4.39 Å². The number of rotatable bonds is 6. The Hall–Kier alpha value is -3.48. The Bertz CT molecular complexity index is 1080. The number of methoxy groups -OCH3 is 1. The fraction of sp³-hybridized carbons (Fsp3) is 0.227. The van der Waals surface area contributed by atoms with Gasteiger partial charge in [-0.2, -0.15) is 0 Å². The number of benzene rings is 2. The summed E-state index contributed by atoms with van der Waals surface area (Å²) in [6.45, 7) is 0. The van der Waals surface area contributed by atoms with E-state index in [0.717, 1.165) is 47.4 Å². The number of ether oxygens (including phenoxy) is 1. The van der Waals surface area contributed by atoms with Gasteiger partial charge in [0.15, 0.2) is 5.82 Å². The molecule has 6 nitrogen and oxygen atoms in total. The van der Waals surface area contributed by atoms with Gasteiger partial charge in [0.2, 0.25) is 5.91 Å². The first-order valence-electron chi connectivity index (χ1n) is 9.42. The van der Waals surface area contributed by atoms with E-state index in [1.54, 1.807) is 19.2 Å². The van der Waals surface area contributed by atoms with Crippen molar-refractivity contribution in [3.8, 4) is 17.0 Å². The summed E-state index contributed by atoms with van der Waals surface area (Å²) in [6.07, 6.45) is 2.65. The van der Waals surface area contributed by atoms with Gasteiger partial charge < -0.3 is 15.8 Å². The Balaban J connectivity index is 1.68. The van der Waals surface area contributed by atoms with Crippen LogP contribution in [0.25, 0.3) is 11.3 Å². The second-order valence-corrected chi connectivity index (χ2v) is 6.98. The van der Waals surface area contributed by atoms with Gasteiger partial charge in [0.1, 0.15) is 17.3 Å². The van der Waals surface area contributed by atoms with E-state index >= 15 is 0 Å². The van der Waals surface area contributed by atoms with Crippen LogP contribution in [-0.4, -0.2) is 23.2 Å². The summed E-state index contributed by atoms with van der Waals surface area (Å²) >= 11 is 0. The molecule has 0 spiro atoms. The van der Waals surface area contributed by atoms with Crippen LogP contribution in [0.15, 0.2) is 42.5 Å². The van der Waals surface area contributed by atoms with E-state index in [4.69, 9.17) is 10.5 Å². The molecule has 29 heavy (non-hydrogen) atoms. The van der Waals surface area contributed by atoms with Crippen LogP contribution in [0.5, 0.6) is 5.75 Å². The number of carbonyl (C=O) groups excluding carboxylic acids is 1. The van der Waals surface area contributed by atoms with E-state index in [1.165, 1.54) is 6.07 Å². The van der Waals surface area contributed by atoms with Crippen LogP contribution in [0.3, 0.4) is 0 Å². The maximum absolute atomic E-state index is 14.3. The summed E-state index contributed by atoms with van der Waals surface area (Å²) in [5, 5.41) is 12.0. The number of fused-ring (bicyclic) bond motifs is 1. The van der Waals surface area contributed by atoms with Gasteiger partial charge in [-0.1, -0.05) is 18.2 Å². The average molecular weight is 392 g/mol. The van der Waals surface area contributed by atoms with Crippen LogP contribution in [0.1, 0.15) is 23.1 Å². The topological polar surface area (TPSA) is 90.1 Å². The van der Waals surface area contributed by atoms with Crippen LogP contribution < -0.4 is 15.8 Å². The zero-order valence-electron chi connectivity index (χ0n) is 16.0. The van der Waals surface area contributed by atoms with Crippen LogP contribution >= 0.6 is 0 Å². The smallest absolute Gasteiger partial charge is 0.221 e. The number of halogens is 1. The van der Waals surface area contributed by atoms with E-state index < -0.39 is 11.7 Å². The van der Waals surface area contributed by atoms with E-state index in [-0.39, 0.29) is 12.0 Å². The van der Waals surface area contributed by atoms with E-state index in [2.05, 4.69) is 15.5 Å². The van der Waals surface area contributed by atoms with Crippen molar-refractivity contribution in [1.82, 2.24) is 10.2 Å². The third-order valence-corrected chi connectivity index (χ3v) is 5.08. The van der Waals surface area contributed by atoms with Crippen LogP contribution in [-0.2, 0) is 24.1 Å². The second-order valence-electron chi connectivity index (χ2n) is 6.98. The monoisotopic (exact) mass is 392 g/mol. The standard InChI is InChI=1S/C22H21FN4O2/c1-29-19-8-3-2-5-17(19)21-15-6-4-7-16(15)22(27-26-21)25-14-10-9-13(11-20(24)28)18(23)12-14/h2-3,5,8-10,12H,4,6-7,11H2,1H3,(H2,24,28)(H,25,27). The van der Waals surface area contributed by atoms with Crippen molar-refractivity contribution in [3.63, 3.8) is 0 Å². The van der Waals surface area contributed by atoms with E-state index in [9.17, 15) is 9.18 Å². The number of para-hydroxylation sites is 1. The molecule has 1 aliphatic rings. The molecule has 0 atom stereocenters. The normalized spacial score (nSPS) is 12.5. The minimum absolute atomic E-state index is 0.130. The molecular weight excluding hydrogens is 371 g/mol. The van der Waals surface area contributed by atoms with Crippen molar-refractivity contribution in [1.29, 1.82) is 0 Å². The molecule has 0 fully saturated rings. The molecule has 0 saturated carbocycles. The number of amides is 1.